The number of hydrogen-bond donors (Lipinski definition) is 1. The molecule has 1 amide bonds. The minimum absolute atomic E-state index is 0.218. The molecule has 1 N–H and O–H groups in total. The number of aryl methyl sites for hydroxylation is 1. The van der Waals surface area contributed by atoms with E-state index in [0.29, 0.717) is 23.4 Å². The average molecular weight is 391 g/mol. The second kappa shape index (κ2) is 7.10. The molecule has 0 bridgehead atoms. The maximum atomic E-state index is 11.9. The summed E-state index contributed by atoms with van der Waals surface area (Å²) in [6, 6.07) is 11.7. The van der Waals surface area contributed by atoms with Gasteiger partial charge in [-0.2, -0.15) is 0 Å². The van der Waals surface area contributed by atoms with Gasteiger partial charge in [0, 0.05) is 23.9 Å². The first kappa shape index (κ1) is 16.0. The fraction of sp³-hybridized carbons (Fsp3) is 0.176. The predicted octanol–water partition coefficient (Wildman–Crippen LogP) is 4.45. The SMILES string of the molecule is Cc1ccc(-c2nc(CCNC(=O)c3ccc(Br)o3)cs2)cc1. The summed E-state index contributed by atoms with van der Waals surface area (Å²) >= 11 is 4.80. The molecule has 23 heavy (non-hydrogen) atoms. The molecule has 2 heterocycles. The molecule has 0 spiro atoms. The van der Waals surface area contributed by atoms with Crippen LogP contribution in [0.5, 0.6) is 0 Å². The van der Waals surface area contributed by atoms with Crippen molar-refractivity contribution in [2.24, 2.45) is 0 Å². The lowest BCUT2D eigenvalue weighted by molar-refractivity contribution is 0.0925. The number of benzene rings is 1. The van der Waals surface area contributed by atoms with Gasteiger partial charge in [0.2, 0.25) is 0 Å². The minimum Gasteiger partial charge on any atom is -0.444 e. The standard InChI is InChI=1S/C17H15BrN2O2S/c1-11-2-4-12(5-3-11)17-20-13(10-23-17)8-9-19-16(21)14-6-7-15(18)22-14/h2-7,10H,8-9H2,1H3,(H,19,21). The normalized spacial score (nSPS) is 10.7. The zero-order valence-corrected chi connectivity index (χ0v) is 14.9. The van der Waals surface area contributed by atoms with Crippen LogP contribution in [-0.4, -0.2) is 17.4 Å². The fourth-order valence-corrected chi connectivity index (χ4v) is 3.24. The molecule has 3 rings (SSSR count). The molecule has 0 saturated carbocycles. The van der Waals surface area contributed by atoms with E-state index in [2.05, 4.69) is 57.4 Å². The van der Waals surface area contributed by atoms with Crippen molar-refractivity contribution in [3.8, 4) is 10.6 Å². The molecule has 0 unspecified atom stereocenters. The van der Waals surface area contributed by atoms with E-state index in [-0.39, 0.29) is 5.91 Å². The molecule has 4 nitrogen and oxygen atoms in total. The van der Waals surface area contributed by atoms with E-state index in [1.807, 2.05) is 5.38 Å². The van der Waals surface area contributed by atoms with Crippen LogP contribution in [0.25, 0.3) is 10.6 Å². The predicted molar refractivity (Wildman–Crippen MR) is 94.7 cm³/mol. The number of thiazole rings is 1. The topological polar surface area (TPSA) is 55.1 Å². The molecule has 0 aliphatic rings. The van der Waals surface area contributed by atoms with Crippen molar-refractivity contribution in [2.45, 2.75) is 13.3 Å². The summed E-state index contributed by atoms with van der Waals surface area (Å²) in [6.07, 6.45) is 0.690. The van der Waals surface area contributed by atoms with E-state index in [0.717, 1.165) is 16.3 Å². The zero-order valence-electron chi connectivity index (χ0n) is 12.5. The third-order valence-corrected chi connectivity index (χ3v) is 4.68. The number of hydrogen-bond acceptors (Lipinski definition) is 4. The Kier molecular flexibility index (Phi) is 4.93. The van der Waals surface area contributed by atoms with Crippen molar-refractivity contribution >= 4 is 33.2 Å². The molecule has 0 aliphatic carbocycles. The average Bonchev–Trinajstić information content (AvgIpc) is 3.17. The number of rotatable bonds is 5. The molecule has 0 atom stereocenters. The van der Waals surface area contributed by atoms with Crippen LogP contribution in [0.1, 0.15) is 21.8 Å². The number of aromatic nitrogens is 1. The van der Waals surface area contributed by atoms with E-state index in [1.165, 1.54) is 5.56 Å². The Morgan fingerprint density at radius 1 is 1.26 bits per heavy atom. The Morgan fingerprint density at radius 2 is 2.04 bits per heavy atom. The lowest BCUT2D eigenvalue weighted by Gasteiger charge is -2.01. The van der Waals surface area contributed by atoms with Gasteiger partial charge in [0.05, 0.1) is 5.69 Å². The smallest absolute Gasteiger partial charge is 0.287 e. The Bertz CT molecular complexity index is 808. The van der Waals surface area contributed by atoms with Gasteiger partial charge in [0.1, 0.15) is 5.01 Å². The second-order valence-corrected chi connectivity index (χ2v) is 6.76. The van der Waals surface area contributed by atoms with Crippen LogP contribution in [0.3, 0.4) is 0 Å². The zero-order chi connectivity index (χ0) is 16.2. The van der Waals surface area contributed by atoms with Crippen molar-refractivity contribution < 1.29 is 9.21 Å². The number of carbonyl (C=O) groups is 1. The highest BCUT2D eigenvalue weighted by atomic mass is 79.9. The van der Waals surface area contributed by atoms with E-state index in [1.54, 1.807) is 23.5 Å². The molecular weight excluding hydrogens is 376 g/mol. The summed E-state index contributed by atoms with van der Waals surface area (Å²) in [4.78, 5) is 16.5. The van der Waals surface area contributed by atoms with Gasteiger partial charge in [0.15, 0.2) is 10.4 Å². The summed E-state index contributed by atoms with van der Waals surface area (Å²) in [5.41, 5.74) is 3.33. The summed E-state index contributed by atoms with van der Waals surface area (Å²) in [5, 5.41) is 5.86. The molecule has 0 aliphatic heterocycles. The molecule has 3 aromatic rings. The summed E-state index contributed by atoms with van der Waals surface area (Å²) in [5.74, 6) is 0.0835. The molecule has 0 saturated heterocycles. The maximum absolute atomic E-state index is 11.9. The van der Waals surface area contributed by atoms with Crippen molar-refractivity contribution in [3.05, 3.63) is 63.5 Å². The van der Waals surface area contributed by atoms with Crippen LogP contribution in [0.15, 0.2) is 50.9 Å². The fourth-order valence-electron chi connectivity index (χ4n) is 2.08. The highest BCUT2D eigenvalue weighted by molar-refractivity contribution is 9.10. The first-order valence-electron chi connectivity index (χ1n) is 7.17. The second-order valence-electron chi connectivity index (χ2n) is 5.12. The van der Waals surface area contributed by atoms with E-state index in [9.17, 15) is 4.79 Å². The van der Waals surface area contributed by atoms with Gasteiger partial charge in [-0.15, -0.1) is 11.3 Å². The third-order valence-electron chi connectivity index (χ3n) is 3.31. The summed E-state index contributed by atoms with van der Waals surface area (Å²) < 4.78 is 5.76. The largest absolute Gasteiger partial charge is 0.444 e. The molecule has 118 valence electrons. The Balaban J connectivity index is 1.55. The van der Waals surface area contributed by atoms with Gasteiger partial charge in [-0.3, -0.25) is 4.79 Å². The van der Waals surface area contributed by atoms with E-state index in [4.69, 9.17) is 4.42 Å². The van der Waals surface area contributed by atoms with Crippen LogP contribution >= 0.6 is 27.3 Å². The minimum atomic E-state index is -0.218. The number of furan rings is 1. The molecular formula is C17H15BrN2O2S. The van der Waals surface area contributed by atoms with Gasteiger partial charge in [0.25, 0.3) is 5.91 Å². The first-order chi connectivity index (χ1) is 11.1. The number of amides is 1. The highest BCUT2D eigenvalue weighted by Crippen LogP contribution is 2.24. The Morgan fingerprint density at radius 3 is 2.74 bits per heavy atom. The maximum Gasteiger partial charge on any atom is 0.287 e. The Hall–Kier alpha value is -1.92. The Labute approximate surface area is 146 Å². The quantitative estimate of drug-likeness (QED) is 0.699. The summed E-state index contributed by atoms with van der Waals surface area (Å²) in [7, 11) is 0. The van der Waals surface area contributed by atoms with Crippen LogP contribution < -0.4 is 5.32 Å². The van der Waals surface area contributed by atoms with E-state index >= 15 is 0 Å². The molecule has 0 radical (unpaired) electrons. The van der Waals surface area contributed by atoms with Gasteiger partial charge in [-0.1, -0.05) is 29.8 Å². The lowest BCUT2D eigenvalue weighted by Crippen LogP contribution is -2.25. The number of nitrogens with zero attached hydrogens (tertiary/aromatic N) is 1. The van der Waals surface area contributed by atoms with Gasteiger partial charge < -0.3 is 9.73 Å². The molecule has 0 fully saturated rings. The first-order valence-corrected chi connectivity index (χ1v) is 8.84. The van der Waals surface area contributed by atoms with Crippen LogP contribution in [0.2, 0.25) is 0 Å². The number of halogens is 1. The van der Waals surface area contributed by atoms with Crippen LogP contribution in [0, 0.1) is 6.92 Å². The highest BCUT2D eigenvalue weighted by Gasteiger charge is 2.10. The van der Waals surface area contributed by atoms with E-state index < -0.39 is 0 Å². The van der Waals surface area contributed by atoms with Gasteiger partial charge >= 0.3 is 0 Å². The number of nitrogens with one attached hydrogen (secondary N) is 1. The number of carbonyl (C=O) groups excluding carboxylic acids is 1. The van der Waals surface area contributed by atoms with Crippen molar-refractivity contribution in [2.75, 3.05) is 6.54 Å². The van der Waals surface area contributed by atoms with Crippen molar-refractivity contribution in [3.63, 3.8) is 0 Å². The molecule has 6 heteroatoms. The van der Waals surface area contributed by atoms with Crippen LogP contribution in [0.4, 0.5) is 0 Å². The van der Waals surface area contributed by atoms with Crippen molar-refractivity contribution in [1.29, 1.82) is 0 Å². The van der Waals surface area contributed by atoms with Gasteiger partial charge in [-0.25, -0.2) is 4.98 Å². The third kappa shape index (κ3) is 4.09. The van der Waals surface area contributed by atoms with Gasteiger partial charge in [-0.05, 0) is 35.0 Å². The summed E-state index contributed by atoms with van der Waals surface area (Å²) in [6.45, 7) is 2.59. The lowest BCUT2D eigenvalue weighted by atomic mass is 10.2. The molecule has 1 aromatic carbocycles. The molecule has 2 aromatic heterocycles. The van der Waals surface area contributed by atoms with Crippen molar-refractivity contribution in [1.82, 2.24) is 10.3 Å². The van der Waals surface area contributed by atoms with Crippen LogP contribution in [-0.2, 0) is 6.42 Å². The monoisotopic (exact) mass is 390 g/mol.